The molecule has 2 heterocycles. The van der Waals surface area contributed by atoms with Crippen molar-refractivity contribution in [2.24, 2.45) is 0 Å². The largest absolute Gasteiger partial charge is 0.354 e. The minimum atomic E-state index is -0.200. The summed E-state index contributed by atoms with van der Waals surface area (Å²) in [4.78, 5) is 15.7. The highest BCUT2D eigenvalue weighted by atomic mass is 16.1. The van der Waals surface area contributed by atoms with Gasteiger partial charge in [0.15, 0.2) is 0 Å². The highest BCUT2D eigenvalue weighted by Crippen LogP contribution is 2.17. The van der Waals surface area contributed by atoms with Gasteiger partial charge in [-0.3, -0.25) is 4.79 Å². The van der Waals surface area contributed by atoms with Crippen LogP contribution in [0.3, 0.4) is 0 Å². The van der Waals surface area contributed by atoms with Gasteiger partial charge in [-0.1, -0.05) is 18.2 Å². The lowest BCUT2D eigenvalue weighted by Gasteiger charge is -2.03. The Morgan fingerprint density at radius 3 is 2.74 bits per heavy atom. The Hall–Kier alpha value is -2.69. The molecule has 0 saturated heterocycles. The number of pyridine rings is 1. The fourth-order valence-electron chi connectivity index (χ4n) is 1.95. The van der Waals surface area contributed by atoms with Gasteiger partial charge in [-0.25, -0.2) is 9.67 Å². The van der Waals surface area contributed by atoms with Gasteiger partial charge in [0.25, 0.3) is 5.91 Å². The smallest absolute Gasteiger partial charge is 0.269 e. The molecule has 0 unspecified atom stereocenters. The summed E-state index contributed by atoms with van der Waals surface area (Å²) in [5, 5.41) is 7.78. The summed E-state index contributed by atoms with van der Waals surface area (Å²) in [7, 11) is 1.58. The molecule has 19 heavy (non-hydrogen) atoms. The normalized spacial score (nSPS) is 10.6. The van der Waals surface area contributed by atoms with Gasteiger partial charge in [-0.2, -0.15) is 5.10 Å². The van der Waals surface area contributed by atoms with E-state index in [0.29, 0.717) is 5.69 Å². The topological polar surface area (TPSA) is 59.8 Å². The van der Waals surface area contributed by atoms with Crippen molar-refractivity contribution in [3.8, 4) is 5.69 Å². The molecule has 0 radical (unpaired) electrons. The van der Waals surface area contributed by atoms with Crippen LogP contribution in [0.1, 0.15) is 10.5 Å². The second-order valence-corrected chi connectivity index (χ2v) is 4.10. The van der Waals surface area contributed by atoms with Crippen molar-refractivity contribution in [1.29, 1.82) is 0 Å². The summed E-state index contributed by atoms with van der Waals surface area (Å²) in [5.74, 6) is -0.200. The molecule has 0 spiro atoms. The van der Waals surface area contributed by atoms with Crippen molar-refractivity contribution >= 4 is 16.8 Å². The molecule has 0 aliphatic carbocycles. The Morgan fingerprint density at radius 2 is 2.00 bits per heavy atom. The molecule has 5 nitrogen and oxygen atoms in total. The number of nitrogens with one attached hydrogen (secondary N) is 1. The zero-order valence-corrected chi connectivity index (χ0v) is 10.4. The number of hydrogen-bond acceptors (Lipinski definition) is 3. The molecule has 1 N–H and O–H groups in total. The summed E-state index contributed by atoms with van der Waals surface area (Å²) in [6, 6.07) is 11.5. The number of benzene rings is 1. The first-order chi connectivity index (χ1) is 9.29. The number of rotatable bonds is 2. The Labute approximate surface area is 109 Å². The van der Waals surface area contributed by atoms with E-state index < -0.39 is 0 Å². The Balaban J connectivity index is 2.13. The third kappa shape index (κ3) is 1.95. The van der Waals surface area contributed by atoms with Crippen LogP contribution in [-0.4, -0.2) is 27.7 Å². The molecule has 0 aliphatic heterocycles. The molecule has 0 atom stereocenters. The second-order valence-electron chi connectivity index (χ2n) is 4.10. The molecule has 3 aromatic rings. The monoisotopic (exact) mass is 252 g/mol. The minimum Gasteiger partial charge on any atom is -0.354 e. The minimum absolute atomic E-state index is 0.200. The van der Waals surface area contributed by atoms with Gasteiger partial charge in [0.2, 0.25) is 0 Å². The van der Waals surface area contributed by atoms with Crippen LogP contribution in [0.25, 0.3) is 16.6 Å². The fraction of sp³-hybridized carbons (Fsp3) is 0.0714. The van der Waals surface area contributed by atoms with E-state index in [0.717, 1.165) is 16.6 Å². The zero-order chi connectivity index (χ0) is 13.2. The lowest BCUT2D eigenvalue weighted by Crippen LogP contribution is -2.18. The lowest BCUT2D eigenvalue weighted by molar-refractivity contribution is 0.0958. The maximum atomic E-state index is 11.5. The van der Waals surface area contributed by atoms with Crippen LogP contribution >= 0.6 is 0 Å². The molecule has 5 heteroatoms. The average Bonchev–Trinajstić information content (AvgIpc) is 2.90. The van der Waals surface area contributed by atoms with Crippen molar-refractivity contribution in [2.75, 3.05) is 7.05 Å². The van der Waals surface area contributed by atoms with Gasteiger partial charge in [0.05, 0.1) is 23.6 Å². The first-order valence-electron chi connectivity index (χ1n) is 5.91. The van der Waals surface area contributed by atoms with E-state index in [1.807, 2.05) is 30.3 Å². The van der Waals surface area contributed by atoms with Gasteiger partial charge in [0, 0.05) is 12.4 Å². The van der Waals surface area contributed by atoms with Crippen molar-refractivity contribution < 1.29 is 4.79 Å². The first kappa shape index (κ1) is 11.4. The number of carbonyl (C=O) groups is 1. The van der Waals surface area contributed by atoms with Gasteiger partial charge in [0.1, 0.15) is 5.69 Å². The predicted molar refractivity (Wildman–Crippen MR) is 72.3 cm³/mol. The highest BCUT2D eigenvalue weighted by Gasteiger charge is 2.09. The lowest BCUT2D eigenvalue weighted by atomic mass is 10.2. The van der Waals surface area contributed by atoms with Crippen molar-refractivity contribution in [1.82, 2.24) is 20.1 Å². The molecule has 0 saturated carbocycles. The van der Waals surface area contributed by atoms with Crippen LogP contribution in [0.2, 0.25) is 0 Å². The fourth-order valence-corrected chi connectivity index (χ4v) is 1.95. The number of amides is 1. The maximum Gasteiger partial charge on any atom is 0.269 e. The van der Waals surface area contributed by atoms with Crippen molar-refractivity contribution in [2.45, 2.75) is 0 Å². The average molecular weight is 252 g/mol. The maximum absolute atomic E-state index is 11.5. The van der Waals surface area contributed by atoms with E-state index in [1.165, 1.54) is 0 Å². The number of para-hydroxylation sites is 1. The number of carbonyl (C=O) groups excluding carboxylic acids is 1. The second kappa shape index (κ2) is 4.53. The van der Waals surface area contributed by atoms with Crippen molar-refractivity contribution in [3.05, 3.63) is 54.5 Å². The Bertz CT molecular complexity index is 734. The molecular weight excluding hydrogens is 240 g/mol. The van der Waals surface area contributed by atoms with E-state index in [1.54, 1.807) is 30.2 Å². The highest BCUT2D eigenvalue weighted by molar-refractivity contribution is 5.95. The number of fused-ring (bicyclic) bond motifs is 1. The quantitative estimate of drug-likeness (QED) is 0.756. The van der Waals surface area contributed by atoms with Gasteiger partial charge in [-0.05, 0) is 18.2 Å². The van der Waals surface area contributed by atoms with Crippen LogP contribution in [0.15, 0.2) is 48.8 Å². The molecule has 2 aromatic heterocycles. The van der Waals surface area contributed by atoms with Crippen LogP contribution in [0.4, 0.5) is 0 Å². The molecule has 0 fully saturated rings. The van der Waals surface area contributed by atoms with E-state index in [9.17, 15) is 4.79 Å². The number of hydrogen-bond donors (Lipinski definition) is 1. The Morgan fingerprint density at radius 1 is 1.21 bits per heavy atom. The van der Waals surface area contributed by atoms with Gasteiger partial charge >= 0.3 is 0 Å². The molecular formula is C14H12N4O. The molecule has 1 amide bonds. The Kier molecular flexibility index (Phi) is 2.72. The van der Waals surface area contributed by atoms with E-state index >= 15 is 0 Å². The van der Waals surface area contributed by atoms with E-state index in [4.69, 9.17) is 0 Å². The zero-order valence-electron chi connectivity index (χ0n) is 10.4. The summed E-state index contributed by atoms with van der Waals surface area (Å²) < 4.78 is 1.80. The van der Waals surface area contributed by atoms with Gasteiger partial charge < -0.3 is 5.32 Å². The number of nitrogens with zero attached hydrogens (tertiary/aromatic N) is 3. The van der Waals surface area contributed by atoms with Crippen LogP contribution in [0, 0.1) is 0 Å². The van der Waals surface area contributed by atoms with Crippen LogP contribution < -0.4 is 5.32 Å². The molecule has 0 bridgehead atoms. The summed E-state index contributed by atoms with van der Waals surface area (Å²) in [6.45, 7) is 0. The SMILES string of the molecule is CNC(=O)c1cc2cnn(-c3ccccc3)c2cn1. The standard InChI is InChI=1S/C14H12N4O/c1-15-14(19)12-7-10-8-17-18(13(10)9-16-12)11-5-3-2-4-6-11/h2-9H,1H3,(H,15,19). The molecule has 1 aromatic carbocycles. The van der Waals surface area contributed by atoms with E-state index in [-0.39, 0.29) is 5.91 Å². The number of aromatic nitrogens is 3. The molecule has 0 aliphatic rings. The summed E-state index contributed by atoms with van der Waals surface area (Å²) in [5.41, 5.74) is 2.23. The summed E-state index contributed by atoms with van der Waals surface area (Å²) in [6.07, 6.45) is 3.40. The third-order valence-electron chi connectivity index (χ3n) is 2.91. The molecule has 3 rings (SSSR count). The van der Waals surface area contributed by atoms with E-state index in [2.05, 4.69) is 15.4 Å². The predicted octanol–water partition coefficient (Wildman–Crippen LogP) is 1.78. The van der Waals surface area contributed by atoms with Crippen molar-refractivity contribution in [3.63, 3.8) is 0 Å². The van der Waals surface area contributed by atoms with Gasteiger partial charge in [-0.15, -0.1) is 0 Å². The molecule has 94 valence electrons. The summed E-state index contributed by atoms with van der Waals surface area (Å²) >= 11 is 0. The van der Waals surface area contributed by atoms with Crippen LogP contribution in [-0.2, 0) is 0 Å². The third-order valence-corrected chi connectivity index (χ3v) is 2.91. The first-order valence-corrected chi connectivity index (χ1v) is 5.91. The van der Waals surface area contributed by atoms with Crippen LogP contribution in [0.5, 0.6) is 0 Å².